The first-order valence-electron chi connectivity index (χ1n) is 3.85. The van der Waals surface area contributed by atoms with Crippen LogP contribution in [0, 0.1) is 0 Å². The number of hydrogen-bond donors (Lipinski definition) is 0. The highest BCUT2D eigenvalue weighted by atomic mass is 35.5. The van der Waals surface area contributed by atoms with Crippen LogP contribution in [0.2, 0.25) is 10.0 Å². The van der Waals surface area contributed by atoms with Gasteiger partial charge in [0, 0.05) is 10.0 Å². The SMILES string of the molecule is O=C(C=Cc1cc(Cl)ccc1Cl)CCl. The number of hydrogen-bond acceptors (Lipinski definition) is 1. The van der Waals surface area contributed by atoms with E-state index in [0.717, 1.165) is 0 Å². The molecule has 1 rings (SSSR count). The van der Waals surface area contributed by atoms with Crippen LogP contribution in [0.3, 0.4) is 0 Å². The first-order valence-corrected chi connectivity index (χ1v) is 5.14. The van der Waals surface area contributed by atoms with Gasteiger partial charge in [-0.25, -0.2) is 0 Å². The van der Waals surface area contributed by atoms with E-state index in [0.29, 0.717) is 15.6 Å². The fraction of sp³-hybridized carbons (Fsp3) is 0.100. The van der Waals surface area contributed by atoms with E-state index < -0.39 is 0 Å². The zero-order valence-electron chi connectivity index (χ0n) is 7.14. The van der Waals surface area contributed by atoms with Crippen molar-refractivity contribution < 1.29 is 4.79 Å². The van der Waals surface area contributed by atoms with Crippen LogP contribution in [-0.2, 0) is 4.79 Å². The summed E-state index contributed by atoms with van der Waals surface area (Å²) in [5.41, 5.74) is 0.706. The Kier molecular flexibility index (Phi) is 4.46. The molecule has 0 aliphatic carbocycles. The summed E-state index contributed by atoms with van der Waals surface area (Å²) >= 11 is 17.0. The first-order chi connectivity index (χ1) is 6.63. The van der Waals surface area contributed by atoms with Gasteiger partial charge in [-0.2, -0.15) is 0 Å². The number of carbonyl (C=O) groups excluding carboxylic acids is 1. The predicted molar refractivity (Wildman–Crippen MR) is 61.2 cm³/mol. The normalized spacial score (nSPS) is 10.8. The minimum absolute atomic E-state index is 0.0331. The average Bonchev–Trinajstić information content (AvgIpc) is 2.19. The zero-order chi connectivity index (χ0) is 10.6. The second-order valence-corrected chi connectivity index (χ2v) is 3.71. The molecule has 0 aliphatic heterocycles. The van der Waals surface area contributed by atoms with E-state index >= 15 is 0 Å². The van der Waals surface area contributed by atoms with Gasteiger partial charge in [0.15, 0.2) is 5.78 Å². The second kappa shape index (κ2) is 5.40. The molecule has 0 bridgehead atoms. The van der Waals surface area contributed by atoms with Crippen LogP contribution in [0.1, 0.15) is 5.56 Å². The Labute approximate surface area is 97.3 Å². The fourth-order valence-electron chi connectivity index (χ4n) is 0.870. The Bertz CT molecular complexity index is 372. The van der Waals surface area contributed by atoms with Gasteiger partial charge in [-0.05, 0) is 35.9 Å². The van der Waals surface area contributed by atoms with E-state index in [1.165, 1.54) is 6.08 Å². The molecule has 1 aromatic carbocycles. The third kappa shape index (κ3) is 3.33. The molecule has 0 unspecified atom stereocenters. The van der Waals surface area contributed by atoms with Crippen LogP contribution >= 0.6 is 34.8 Å². The number of alkyl halides is 1. The van der Waals surface area contributed by atoms with E-state index in [4.69, 9.17) is 34.8 Å². The summed E-state index contributed by atoms with van der Waals surface area (Å²) in [7, 11) is 0. The molecule has 1 aromatic rings. The predicted octanol–water partition coefficient (Wildman–Crippen LogP) is 3.81. The Balaban J connectivity index is 2.90. The van der Waals surface area contributed by atoms with Crippen molar-refractivity contribution in [2.75, 3.05) is 5.88 Å². The summed E-state index contributed by atoms with van der Waals surface area (Å²) in [5.74, 6) is -0.197. The maximum Gasteiger partial charge on any atom is 0.170 e. The maximum atomic E-state index is 10.9. The number of ketones is 1. The molecule has 0 aromatic heterocycles. The molecule has 0 amide bonds. The van der Waals surface area contributed by atoms with Gasteiger partial charge in [-0.15, -0.1) is 11.6 Å². The number of carbonyl (C=O) groups is 1. The van der Waals surface area contributed by atoms with Gasteiger partial charge in [0.2, 0.25) is 0 Å². The van der Waals surface area contributed by atoms with Gasteiger partial charge in [0.25, 0.3) is 0 Å². The molecule has 0 fully saturated rings. The van der Waals surface area contributed by atoms with Gasteiger partial charge in [-0.1, -0.05) is 23.2 Å². The highest BCUT2D eigenvalue weighted by Gasteiger charge is 1.98. The third-order valence-electron chi connectivity index (χ3n) is 1.54. The van der Waals surface area contributed by atoms with E-state index in [1.54, 1.807) is 24.3 Å². The lowest BCUT2D eigenvalue weighted by atomic mass is 10.2. The molecule has 0 radical (unpaired) electrons. The minimum atomic E-state index is -0.164. The Morgan fingerprint density at radius 1 is 1.36 bits per heavy atom. The molecule has 0 saturated carbocycles. The van der Waals surface area contributed by atoms with Gasteiger partial charge in [-0.3, -0.25) is 4.79 Å². The summed E-state index contributed by atoms with van der Waals surface area (Å²) in [4.78, 5) is 10.9. The van der Waals surface area contributed by atoms with Crippen molar-refractivity contribution in [1.82, 2.24) is 0 Å². The molecule has 0 spiro atoms. The van der Waals surface area contributed by atoms with E-state index in [2.05, 4.69) is 0 Å². The Morgan fingerprint density at radius 2 is 2.07 bits per heavy atom. The minimum Gasteiger partial charge on any atom is -0.294 e. The third-order valence-corrected chi connectivity index (χ3v) is 2.38. The van der Waals surface area contributed by atoms with E-state index in [-0.39, 0.29) is 11.7 Å². The molecule has 0 heterocycles. The second-order valence-electron chi connectivity index (χ2n) is 2.60. The van der Waals surface area contributed by atoms with Crippen molar-refractivity contribution >= 4 is 46.7 Å². The molecular weight excluding hydrogens is 242 g/mol. The monoisotopic (exact) mass is 248 g/mol. The van der Waals surface area contributed by atoms with Crippen molar-refractivity contribution in [3.8, 4) is 0 Å². The van der Waals surface area contributed by atoms with Gasteiger partial charge >= 0.3 is 0 Å². The molecule has 4 heteroatoms. The van der Waals surface area contributed by atoms with Crippen molar-refractivity contribution in [3.05, 3.63) is 39.9 Å². The van der Waals surface area contributed by atoms with Gasteiger partial charge in [0.1, 0.15) is 0 Å². The van der Waals surface area contributed by atoms with Crippen LogP contribution in [0.4, 0.5) is 0 Å². The average molecular weight is 250 g/mol. The zero-order valence-corrected chi connectivity index (χ0v) is 9.40. The number of allylic oxidation sites excluding steroid dienone is 1. The standard InChI is InChI=1S/C10H7Cl3O/c11-6-9(14)3-1-7-5-8(12)2-4-10(7)13/h1-5H,6H2. The molecule has 0 N–H and O–H groups in total. The smallest absolute Gasteiger partial charge is 0.170 e. The van der Waals surface area contributed by atoms with Crippen LogP contribution in [0.25, 0.3) is 6.08 Å². The molecular formula is C10H7Cl3O. The van der Waals surface area contributed by atoms with Gasteiger partial charge < -0.3 is 0 Å². The lowest BCUT2D eigenvalue weighted by Crippen LogP contribution is -1.91. The Morgan fingerprint density at radius 3 is 2.71 bits per heavy atom. The summed E-state index contributed by atoms with van der Waals surface area (Å²) in [6, 6.07) is 5.04. The van der Waals surface area contributed by atoms with Crippen LogP contribution in [0.5, 0.6) is 0 Å². The maximum absolute atomic E-state index is 10.9. The number of rotatable bonds is 3. The van der Waals surface area contributed by atoms with Crippen LogP contribution in [0.15, 0.2) is 24.3 Å². The lowest BCUT2D eigenvalue weighted by Gasteiger charge is -1.97. The topological polar surface area (TPSA) is 17.1 Å². The van der Waals surface area contributed by atoms with E-state index in [1.807, 2.05) is 0 Å². The molecule has 14 heavy (non-hydrogen) atoms. The van der Waals surface area contributed by atoms with Gasteiger partial charge in [0.05, 0.1) is 5.88 Å². The number of halogens is 3. The molecule has 0 aliphatic rings. The molecule has 74 valence electrons. The van der Waals surface area contributed by atoms with Crippen LogP contribution < -0.4 is 0 Å². The van der Waals surface area contributed by atoms with Crippen LogP contribution in [-0.4, -0.2) is 11.7 Å². The fourth-order valence-corrected chi connectivity index (χ4v) is 1.32. The van der Waals surface area contributed by atoms with Crippen molar-refractivity contribution in [1.29, 1.82) is 0 Å². The summed E-state index contributed by atoms with van der Waals surface area (Å²) < 4.78 is 0. The van der Waals surface area contributed by atoms with Crippen molar-refractivity contribution in [3.63, 3.8) is 0 Å². The lowest BCUT2D eigenvalue weighted by molar-refractivity contribution is -0.112. The number of benzene rings is 1. The Hall–Kier alpha value is -0.500. The molecule has 0 saturated heterocycles. The summed E-state index contributed by atoms with van der Waals surface area (Å²) in [6.07, 6.45) is 2.98. The summed E-state index contributed by atoms with van der Waals surface area (Å²) in [5, 5.41) is 1.13. The largest absolute Gasteiger partial charge is 0.294 e. The molecule has 0 atom stereocenters. The highest BCUT2D eigenvalue weighted by molar-refractivity contribution is 6.34. The van der Waals surface area contributed by atoms with Crippen molar-refractivity contribution in [2.45, 2.75) is 0 Å². The van der Waals surface area contributed by atoms with E-state index in [9.17, 15) is 4.79 Å². The summed E-state index contributed by atoms with van der Waals surface area (Å²) in [6.45, 7) is 0. The quantitative estimate of drug-likeness (QED) is 0.588. The van der Waals surface area contributed by atoms with Crippen molar-refractivity contribution in [2.24, 2.45) is 0 Å². The highest BCUT2D eigenvalue weighted by Crippen LogP contribution is 2.21. The first kappa shape index (κ1) is 11.6. The molecule has 1 nitrogen and oxygen atoms in total.